The number of aryl methyl sites for hydroxylation is 1. The Kier molecular flexibility index (Phi) is 11.0. The Morgan fingerprint density at radius 3 is 2.24 bits per heavy atom. The van der Waals surface area contributed by atoms with E-state index in [1.165, 1.54) is 38.9 Å². The third-order valence-electron chi connectivity index (χ3n) is 9.95. The Balaban J connectivity index is 0.000000259. The molecule has 0 bridgehead atoms. The van der Waals surface area contributed by atoms with Crippen LogP contribution in [0.3, 0.4) is 0 Å². The number of allylic oxidation sites excluding steroid dienone is 2. The zero-order chi connectivity index (χ0) is 32.6. The number of benzene rings is 3. The van der Waals surface area contributed by atoms with Gasteiger partial charge in [0.05, 0.1) is 11.3 Å². The maximum absolute atomic E-state index is 11.7. The summed E-state index contributed by atoms with van der Waals surface area (Å²) >= 11 is 0. The second-order valence-corrected chi connectivity index (χ2v) is 13.4. The zero-order valence-electron chi connectivity index (χ0n) is 28.8. The molecule has 5 heteroatoms. The predicted octanol–water partition coefficient (Wildman–Crippen LogP) is 11.5. The van der Waals surface area contributed by atoms with Gasteiger partial charge in [-0.25, -0.2) is 0 Å². The minimum atomic E-state index is -0.228. The molecule has 0 spiro atoms. The van der Waals surface area contributed by atoms with E-state index in [1.807, 2.05) is 40.0 Å². The second-order valence-electron chi connectivity index (χ2n) is 13.4. The van der Waals surface area contributed by atoms with Gasteiger partial charge in [-0.15, -0.1) is 17.7 Å². The minimum absolute atomic E-state index is 0. The van der Waals surface area contributed by atoms with Crippen molar-refractivity contribution in [2.24, 2.45) is 11.8 Å². The third kappa shape index (κ3) is 6.09. The van der Waals surface area contributed by atoms with E-state index in [4.69, 9.17) is 9.40 Å². The number of rotatable bonds is 8. The molecule has 5 aromatic rings. The molecular formula is C41H48IrNO3-. The van der Waals surface area contributed by atoms with Gasteiger partial charge in [0.15, 0.2) is 5.78 Å². The van der Waals surface area contributed by atoms with E-state index in [-0.39, 0.29) is 48.9 Å². The number of carbonyl (C=O) groups is 1. The van der Waals surface area contributed by atoms with Crippen LogP contribution in [0, 0.1) is 24.8 Å². The quantitative estimate of drug-likeness (QED) is 0.0965. The van der Waals surface area contributed by atoms with Crippen molar-refractivity contribution in [1.82, 2.24) is 4.98 Å². The maximum Gasteiger partial charge on any atom is 0.162 e. The summed E-state index contributed by atoms with van der Waals surface area (Å²) in [5.41, 5.74) is 8.79. The molecule has 0 saturated heterocycles. The fraction of sp³-hybridized carbons (Fsp3) is 0.415. The van der Waals surface area contributed by atoms with E-state index in [9.17, 15) is 9.90 Å². The monoisotopic (exact) mass is 795 g/mol. The first kappa shape index (κ1) is 35.6. The van der Waals surface area contributed by atoms with Crippen LogP contribution in [0.15, 0.2) is 64.9 Å². The molecule has 1 aliphatic rings. The average Bonchev–Trinajstić information content (AvgIpc) is 3.39. The van der Waals surface area contributed by atoms with E-state index in [0.717, 1.165) is 59.1 Å². The van der Waals surface area contributed by atoms with Gasteiger partial charge < -0.3 is 14.5 Å². The molecule has 1 aliphatic carbocycles. The van der Waals surface area contributed by atoms with Crippen molar-refractivity contribution < 1.29 is 34.4 Å². The predicted molar refractivity (Wildman–Crippen MR) is 188 cm³/mol. The smallest absolute Gasteiger partial charge is 0.162 e. The first-order valence-corrected chi connectivity index (χ1v) is 16.7. The van der Waals surface area contributed by atoms with Crippen molar-refractivity contribution >= 4 is 38.5 Å². The summed E-state index contributed by atoms with van der Waals surface area (Å²) < 4.78 is 6.58. The van der Waals surface area contributed by atoms with Crippen LogP contribution in [0.2, 0.25) is 0 Å². The number of aliphatic hydroxyl groups is 1. The Morgan fingerprint density at radius 2 is 1.61 bits per heavy atom. The van der Waals surface area contributed by atoms with Gasteiger partial charge in [0.25, 0.3) is 0 Å². The molecule has 0 atom stereocenters. The third-order valence-corrected chi connectivity index (χ3v) is 9.95. The minimum Gasteiger partial charge on any atom is -0.512 e. The average molecular weight is 795 g/mol. The molecule has 1 N–H and O–H groups in total. The van der Waals surface area contributed by atoms with E-state index in [2.05, 4.69) is 77.1 Å². The fourth-order valence-electron chi connectivity index (χ4n) is 7.12. The number of ketones is 1. The Labute approximate surface area is 288 Å². The molecule has 46 heavy (non-hydrogen) atoms. The molecular weight excluding hydrogens is 747 g/mol. The van der Waals surface area contributed by atoms with Crippen LogP contribution < -0.4 is 0 Å². The molecule has 0 saturated carbocycles. The number of hydrogen-bond acceptors (Lipinski definition) is 4. The molecule has 0 fully saturated rings. The van der Waals surface area contributed by atoms with Crippen LogP contribution in [-0.2, 0) is 30.3 Å². The SMILES string of the molecule is CCC(CC)C(=O)/C=C(\O)C(CC)CC.Cc1c[c-]c2c3c1oc1c(C(C)C)ccc(c13)C(C)(C)c1c-2ncc2ccccc12.[Ir]. The van der Waals surface area contributed by atoms with Gasteiger partial charge in [-0.1, -0.05) is 110 Å². The summed E-state index contributed by atoms with van der Waals surface area (Å²) in [7, 11) is 0. The van der Waals surface area contributed by atoms with Crippen LogP contribution >= 0.6 is 0 Å². The van der Waals surface area contributed by atoms with Crippen LogP contribution in [0.1, 0.15) is 109 Å². The normalized spacial score (nSPS) is 13.7. The standard InChI is InChI=1S/C28H24NO.C13H24O2.Ir/c1-15(2)18-12-13-21-23-22-20(11-10-16(3)26(22)30-27(18)23)25-24(28(21,4)5)19-9-7-6-8-17(19)14-29-25;1-5-10(6-2)12(14)9-13(15)11(7-3)8-4;/h6-10,12-15H,1-5H3;9-11,14H,5-8H2,1-4H3;/q-1;;/b;12-9-;. The van der Waals surface area contributed by atoms with Crippen molar-refractivity contribution in [3.8, 4) is 11.3 Å². The summed E-state index contributed by atoms with van der Waals surface area (Å²) in [5, 5.41) is 14.6. The van der Waals surface area contributed by atoms with Gasteiger partial charge in [0.2, 0.25) is 0 Å². The summed E-state index contributed by atoms with van der Waals surface area (Å²) in [6.45, 7) is 19.3. The molecule has 0 unspecified atom stereocenters. The molecule has 2 heterocycles. The molecule has 0 amide bonds. The van der Waals surface area contributed by atoms with E-state index in [1.54, 1.807) is 0 Å². The van der Waals surface area contributed by atoms with Gasteiger partial charge in [0.1, 0.15) is 5.58 Å². The molecule has 2 aromatic heterocycles. The summed E-state index contributed by atoms with van der Waals surface area (Å²) in [6, 6.07) is 18.8. The van der Waals surface area contributed by atoms with E-state index < -0.39 is 0 Å². The molecule has 6 rings (SSSR count). The molecule has 0 aliphatic heterocycles. The van der Waals surface area contributed by atoms with E-state index >= 15 is 0 Å². The van der Waals surface area contributed by atoms with Gasteiger partial charge in [-0.05, 0) is 70.1 Å². The van der Waals surface area contributed by atoms with Crippen molar-refractivity contribution in [3.63, 3.8) is 0 Å². The number of aromatic nitrogens is 1. The Morgan fingerprint density at radius 1 is 0.957 bits per heavy atom. The Bertz CT molecular complexity index is 1900. The van der Waals surface area contributed by atoms with E-state index in [0.29, 0.717) is 5.92 Å². The van der Waals surface area contributed by atoms with Crippen molar-refractivity contribution in [2.45, 2.75) is 99.3 Å². The number of pyridine rings is 1. The van der Waals surface area contributed by atoms with Gasteiger partial charge >= 0.3 is 0 Å². The van der Waals surface area contributed by atoms with Crippen LogP contribution in [-0.4, -0.2) is 15.9 Å². The van der Waals surface area contributed by atoms with Gasteiger partial charge in [-0.3, -0.25) is 4.79 Å². The second kappa shape index (κ2) is 14.2. The van der Waals surface area contributed by atoms with Gasteiger partial charge in [-0.2, -0.15) is 0 Å². The zero-order valence-corrected chi connectivity index (χ0v) is 31.2. The van der Waals surface area contributed by atoms with Gasteiger partial charge in [0, 0.05) is 49.6 Å². The molecule has 3 aromatic carbocycles. The first-order chi connectivity index (χ1) is 21.5. The number of nitrogens with zero attached hydrogens (tertiary/aromatic N) is 1. The summed E-state index contributed by atoms with van der Waals surface area (Å²) in [5.74, 6) is 0.936. The van der Waals surface area contributed by atoms with Crippen molar-refractivity contribution in [3.05, 3.63) is 88.8 Å². The number of aliphatic hydroxyl groups excluding tert-OH is 1. The molecule has 4 nitrogen and oxygen atoms in total. The first-order valence-electron chi connectivity index (χ1n) is 16.7. The van der Waals surface area contributed by atoms with Crippen molar-refractivity contribution in [2.75, 3.05) is 0 Å². The number of furan rings is 1. The van der Waals surface area contributed by atoms with Crippen LogP contribution in [0.5, 0.6) is 0 Å². The molecule has 1 radical (unpaired) electrons. The maximum atomic E-state index is 11.7. The number of carbonyl (C=O) groups excluding carboxylic acids is 1. The summed E-state index contributed by atoms with van der Waals surface area (Å²) in [6.07, 6.45) is 6.90. The van der Waals surface area contributed by atoms with Crippen molar-refractivity contribution in [1.29, 1.82) is 0 Å². The molecule has 245 valence electrons. The fourth-order valence-corrected chi connectivity index (χ4v) is 7.12. The number of fused-ring (bicyclic) bond motifs is 4. The largest absolute Gasteiger partial charge is 0.512 e. The number of hydrogen-bond donors (Lipinski definition) is 1. The Hall–Kier alpha value is -3.27. The summed E-state index contributed by atoms with van der Waals surface area (Å²) in [4.78, 5) is 16.7. The van der Waals surface area contributed by atoms with Crippen LogP contribution in [0.4, 0.5) is 0 Å². The topological polar surface area (TPSA) is 63.3 Å². The van der Waals surface area contributed by atoms with Crippen LogP contribution in [0.25, 0.3) is 44.0 Å².